The third-order valence-electron chi connectivity index (χ3n) is 2.06. The van der Waals surface area contributed by atoms with Crippen LogP contribution in [0.2, 0.25) is 0 Å². The highest BCUT2D eigenvalue weighted by Gasteiger charge is 2.18. The first kappa shape index (κ1) is 10.1. The highest BCUT2D eigenvalue weighted by Crippen LogP contribution is 2.21. The average Bonchev–Trinajstić information content (AvgIpc) is 2.03. The number of alkyl halides is 2. The van der Waals surface area contributed by atoms with Crippen LogP contribution in [0.4, 0.5) is 8.78 Å². The first-order valence-corrected chi connectivity index (χ1v) is 4.13. The molecule has 0 heterocycles. The number of hydrogen-bond acceptors (Lipinski definition) is 1. The van der Waals surface area contributed by atoms with Gasteiger partial charge in [0.25, 0.3) is 6.43 Å². The van der Waals surface area contributed by atoms with Crippen molar-refractivity contribution < 1.29 is 8.78 Å². The van der Waals surface area contributed by atoms with Crippen molar-refractivity contribution in [2.75, 3.05) is 0 Å². The Morgan fingerprint density at radius 3 is 2.31 bits per heavy atom. The molecule has 0 spiro atoms. The molecule has 0 bridgehead atoms. The predicted octanol–water partition coefficient (Wildman–Crippen LogP) is 2.57. The average molecular weight is 185 g/mol. The van der Waals surface area contributed by atoms with Gasteiger partial charge >= 0.3 is 0 Å². The Morgan fingerprint density at radius 2 is 1.85 bits per heavy atom. The highest BCUT2D eigenvalue weighted by atomic mass is 19.3. The van der Waals surface area contributed by atoms with Crippen molar-refractivity contribution in [2.45, 2.75) is 26.3 Å². The molecule has 1 aromatic carbocycles. The van der Waals surface area contributed by atoms with Crippen LogP contribution in [-0.2, 0) is 0 Å². The summed E-state index contributed by atoms with van der Waals surface area (Å²) in [4.78, 5) is 0. The molecule has 1 atom stereocenters. The quantitative estimate of drug-likeness (QED) is 0.752. The molecule has 2 N–H and O–H groups in total. The maximum absolute atomic E-state index is 12.3. The molecule has 0 aromatic heterocycles. The summed E-state index contributed by atoms with van der Waals surface area (Å²) in [6, 6.07) is 4.16. The molecule has 0 amide bonds. The second kappa shape index (κ2) is 3.83. The fraction of sp³-hybridized carbons (Fsp3) is 0.400. The van der Waals surface area contributed by atoms with Gasteiger partial charge in [-0.3, -0.25) is 0 Å². The number of hydrogen-bond donors (Lipinski definition) is 1. The Morgan fingerprint density at radius 1 is 1.23 bits per heavy atom. The number of nitrogens with two attached hydrogens (primary N) is 1. The second-order valence-electron chi connectivity index (χ2n) is 3.22. The normalized spacial score (nSPS) is 13.4. The van der Waals surface area contributed by atoms with E-state index in [1.807, 2.05) is 13.0 Å². The van der Waals surface area contributed by atoms with Crippen LogP contribution in [0.25, 0.3) is 0 Å². The second-order valence-corrected chi connectivity index (χ2v) is 3.22. The zero-order valence-electron chi connectivity index (χ0n) is 7.72. The molecular formula is C10H13F2N. The minimum atomic E-state index is -2.50. The number of aryl methyl sites for hydroxylation is 2. The first-order valence-electron chi connectivity index (χ1n) is 4.13. The molecule has 0 radical (unpaired) electrons. The van der Waals surface area contributed by atoms with Gasteiger partial charge in [0, 0.05) is 0 Å². The third-order valence-corrected chi connectivity index (χ3v) is 2.06. The summed E-state index contributed by atoms with van der Waals surface area (Å²) >= 11 is 0. The van der Waals surface area contributed by atoms with E-state index in [1.165, 1.54) is 0 Å². The molecule has 0 unspecified atom stereocenters. The number of rotatable bonds is 2. The van der Waals surface area contributed by atoms with E-state index >= 15 is 0 Å². The zero-order valence-corrected chi connectivity index (χ0v) is 7.72. The SMILES string of the molecule is Cc1ccc([C@@H](N)C(F)F)c(C)c1. The molecule has 0 saturated carbocycles. The van der Waals surface area contributed by atoms with E-state index in [1.54, 1.807) is 19.1 Å². The zero-order chi connectivity index (χ0) is 10.0. The summed E-state index contributed by atoms with van der Waals surface area (Å²) in [5, 5.41) is 0. The van der Waals surface area contributed by atoms with Gasteiger partial charge in [-0.15, -0.1) is 0 Å². The van der Waals surface area contributed by atoms with Crippen molar-refractivity contribution in [1.82, 2.24) is 0 Å². The van der Waals surface area contributed by atoms with E-state index in [0.717, 1.165) is 11.1 Å². The lowest BCUT2D eigenvalue weighted by molar-refractivity contribution is 0.116. The van der Waals surface area contributed by atoms with Crippen molar-refractivity contribution in [3.8, 4) is 0 Å². The summed E-state index contributed by atoms with van der Waals surface area (Å²) in [7, 11) is 0. The van der Waals surface area contributed by atoms with Crippen LogP contribution in [0.5, 0.6) is 0 Å². The van der Waals surface area contributed by atoms with Crippen molar-refractivity contribution in [3.63, 3.8) is 0 Å². The Balaban J connectivity index is 3.01. The first-order chi connectivity index (χ1) is 6.02. The van der Waals surface area contributed by atoms with Crippen LogP contribution in [0.1, 0.15) is 22.7 Å². The van der Waals surface area contributed by atoms with E-state index in [9.17, 15) is 8.78 Å². The Labute approximate surface area is 76.6 Å². The van der Waals surface area contributed by atoms with Crippen molar-refractivity contribution in [2.24, 2.45) is 5.73 Å². The Hall–Kier alpha value is -0.960. The molecule has 0 aliphatic carbocycles. The molecule has 72 valence electrons. The molecule has 1 nitrogen and oxygen atoms in total. The molecule has 0 fully saturated rings. The van der Waals surface area contributed by atoms with Gasteiger partial charge in [0.15, 0.2) is 0 Å². The summed E-state index contributed by atoms with van der Waals surface area (Å²) in [6.45, 7) is 3.72. The van der Waals surface area contributed by atoms with Gasteiger partial charge in [-0.05, 0) is 25.0 Å². The van der Waals surface area contributed by atoms with E-state index in [-0.39, 0.29) is 0 Å². The molecular weight excluding hydrogens is 172 g/mol. The van der Waals surface area contributed by atoms with Crippen molar-refractivity contribution in [3.05, 3.63) is 34.9 Å². The van der Waals surface area contributed by atoms with Gasteiger partial charge in [-0.25, -0.2) is 8.78 Å². The summed E-state index contributed by atoms with van der Waals surface area (Å²) in [5.74, 6) is 0. The van der Waals surface area contributed by atoms with Crippen LogP contribution in [-0.4, -0.2) is 6.43 Å². The standard InChI is InChI=1S/C10H13F2N/c1-6-3-4-8(7(2)5-6)9(13)10(11)12/h3-5,9-10H,13H2,1-2H3/t9-/m1/s1. The molecule has 0 aliphatic rings. The van der Waals surface area contributed by atoms with Crippen LogP contribution >= 0.6 is 0 Å². The fourth-order valence-corrected chi connectivity index (χ4v) is 1.34. The largest absolute Gasteiger partial charge is 0.319 e. The topological polar surface area (TPSA) is 26.0 Å². The molecule has 13 heavy (non-hydrogen) atoms. The van der Waals surface area contributed by atoms with Gasteiger partial charge in [0.2, 0.25) is 0 Å². The van der Waals surface area contributed by atoms with Gasteiger partial charge in [0.1, 0.15) is 0 Å². The van der Waals surface area contributed by atoms with Crippen LogP contribution in [0, 0.1) is 13.8 Å². The number of benzene rings is 1. The molecule has 3 heteroatoms. The summed E-state index contributed by atoms with van der Waals surface area (Å²) in [6.07, 6.45) is -2.50. The van der Waals surface area contributed by atoms with Crippen LogP contribution in [0.15, 0.2) is 18.2 Å². The molecule has 0 saturated heterocycles. The van der Waals surface area contributed by atoms with Gasteiger partial charge in [-0.2, -0.15) is 0 Å². The maximum Gasteiger partial charge on any atom is 0.257 e. The lowest BCUT2D eigenvalue weighted by Gasteiger charge is -2.13. The monoisotopic (exact) mass is 185 g/mol. The smallest absolute Gasteiger partial charge is 0.257 e. The van der Waals surface area contributed by atoms with Crippen LogP contribution < -0.4 is 5.73 Å². The van der Waals surface area contributed by atoms with E-state index in [4.69, 9.17) is 5.73 Å². The van der Waals surface area contributed by atoms with E-state index in [0.29, 0.717) is 5.56 Å². The highest BCUT2D eigenvalue weighted by molar-refractivity contribution is 5.32. The molecule has 0 aliphatic heterocycles. The van der Waals surface area contributed by atoms with Gasteiger partial charge < -0.3 is 5.73 Å². The minimum absolute atomic E-state index is 0.528. The van der Waals surface area contributed by atoms with E-state index < -0.39 is 12.5 Å². The van der Waals surface area contributed by atoms with Crippen LogP contribution in [0.3, 0.4) is 0 Å². The molecule has 1 aromatic rings. The Bertz CT molecular complexity index is 297. The molecule has 1 rings (SSSR count). The third kappa shape index (κ3) is 2.25. The number of halogens is 2. The van der Waals surface area contributed by atoms with Crippen molar-refractivity contribution in [1.29, 1.82) is 0 Å². The van der Waals surface area contributed by atoms with Crippen molar-refractivity contribution >= 4 is 0 Å². The summed E-state index contributed by atoms with van der Waals surface area (Å²) in [5.41, 5.74) is 7.75. The van der Waals surface area contributed by atoms with E-state index in [2.05, 4.69) is 0 Å². The Kier molecular flexibility index (Phi) is 2.98. The van der Waals surface area contributed by atoms with Gasteiger partial charge in [0.05, 0.1) is 6.04 Å². The fourth-order valence-electron chi connectivity index (χ4n) is 1.34. The lowest BCUT2D eigenvalue weighted by Crippen LogP contribution is -2.19. The minimum Gasteiger partial charge on any atom is -0.319 e. The van der Waals surface area contributed by atoms with Gasteiger partial charge in [-0.1, -0.05) is 23.8 Å². The predicted molar refractivity (Wildman–Crippen MR) is 48.8 cm³/mol. The summed E-state index contributed by atoms with van der Waals surface area (Å²) < 4.78 is 24.5. The lowest BCUT2D eigenvalue weighted by atomic mass is 10.0. The maximum atomic E-state index is 12.3.